The molecule has 1 aromatic rings. The molecule has 0 unspecified atom stereocenters. The largest absolute Gasteiger partial charge is 0.375 e. The van der Waals surface area contributed by atoms with E-state index in [4.69, 9.17) is 4.74 Å². The zero-order chi connectivity index (χ0) is 17.5. The molecule has 0 saturated carbocycles. The minimum atomic E-state index is -3.05. The van der Waals surface area contributed by atoms with Crippen molar-refractivity contribution in [2.75, 3.05) is 30.1 Å². The number of benzene rings is 1. The Balaban J connectivity index is 2.01. The Bertz CT molecular complexity index is 804. The number of aliphatic imine (C=N–C) groups is 1. The molecule has 8 heteroatoms. The zero-order valence-corrected chi connectivity index (χ0v) is 15.5. The highest BCUT2D eigenvalue weighted by Crippen LogP contribution is 2.41. The van der Waals surface area contributed by atoms with Crippen molar-refractivity contribution < 1.29 is 17.9 Å². The molecule has 130 valence electrons. The first-order valence-electron chi connectivity index (χ1n) is 7.65. The van der Waals surface area contributed by atoms with Crippen LogP contribution in [0.3, 0.4) is 0 Å². The van der Waals surface area contributed by atoms with Crippen LogP contribution >= 0.6 is 11.8 Å². The lowest BCUT2D eigenvalue weighted by atomic mass is 10.1. The maximum absolute atomic E-state index is 12.0. The van der Waals surface area contributed by atoms with Crippen molar-refractivity contribution in [3.63, 3.8) is 0 Å². The van der Waals surface area contributed by atoms with Crippen molar-refractivity contribution >= 4 is 38.4 Å². The summed E-state index contributed by atoms with van der Waals surface area (Å²) in [5, 5.41) is 0.468. The molecule has 0 aromatic heterocycles. The first-order valence-corrected chi connectivity index (χ1v) is 10.3. The van der Waals surface area contributed by atoms with E-state index in [1.54, 1.807) is 0 Å². The fraction of sp³-hybridized carbons (Fsp3) is 0.500. The maximum atomic E-state index is 12.0. The van der Waals surface area contributed by atoms with Crippen molar-refractivity contribution in [3.8, 4) is 0 Å². The van der Waals surface area contributed by atoms with E-state index in [1.165, 1.54) is 18.9 Å². The Labute approximate surface area is 146 Å². The Morgan fingerprint density at radius 2 is 2.08 bits per heavy atom. The van der Waals surface area contributed by atoms with Gasteiger partial charge in [-0.05, 0) is 37.1 Å². The molecule has 2 atom stereocenters. The van der Waals surface area contributed by atoms with Gasteiger partial charge in [-0.25, -0.2) is 8.42 Å². The number of methoxy groups -OCH3 is 1. The highest BCUT2D eigenvalue weighted by molar-refractivity contribution is 8.16. The standard InChI is InChI=1S/C16H20N2O4S2/c1-10-4-5-12(6-11(10)2)18-13-8-24(20,21)9-14(13)23-16(18)17-15(19)7-22-3/h4-6,13-14H,7-9H2,1-3H3/t13-,14-/m1/s1. The van der Waals surface area contributed by atoms with Gasteiger partial charge in [0.05, 0.1) is 17.5 Å². The zero-order valence-electron chi connectivity index (χ0n) is 13.9. The molecule has 3 rings (SSSR count). The van der Waals surface area contributed by atoms with Gasteiger partial charge >= 0.3 is 0 Å². The van der Waals surface area contributed by atoms with Gasteiger partial charge in [-0.1, -0.05) is 17.8 Å². The number of fused-ring (bicyclic) bond motifs is 1. The fourth-order valence-corrected chi connectivity index (χ4v) is 6.94. The average Bonchev–Trinajstić information content (AvgIpc) is 2.93. The Kier molecular flexibility index (Phi) is 4.72. The molecule has 0 N–H and O–H groups in total. The van der Waals surface area contributed by atoms with Crippen LogP contribution in [-0.4, -0.2) is 56.0 Å². The van der Waals surface area contributed by atoms with Crippen LogP contribution in [0.25, 0.3) is 0 Å². The second-order valence-corrected chi connectivity index (χ2v) is 9.52. The lowest BCUT2D eigenvalue weighted by Crippen LogP contribution is -2.37. The van der Waals surface area contributed by atoms with Gasteiger partial charge in [0.2, 0.25) is 0 Å². The molecular formula is C16H20N2O4S2. The Morgan fingerprint density at radius 3 is 2.75 bits per heavy atom. The number of amides is 1. The van der Waals surface area contributed by atoms with E-state index in [-0.39, 0.29) is 35.3 Å². The number of rotatable bonds is 3. The number of nitrogens with zero attached hydrogens (tertiary/aromatic N) is 2. The number of hydrogen-bond donors (Lipinski definition) is 0. The van der Waals surface area contributed by atoms with Gasteiger partial charge in [-0.3, -0.25) is 4.79 Å². The van der Waals surface area contributed by atoms with Crippen molar-refractivity contribution in [2.45, 2.75) is 25.1 Å². The molecule has 0 spiro atoms. The summed E-state index contributed by atoms with van der Waals surface area (Å²) in [5.41, 5.74) is 3.15. The molecule has 0 aliphatic carbocycles. The van der Waals surface area contributed by atoms with Crippen LogP contribution < -0.4 is 4.90 Å². The molecule has 0 radical (unpaired) electrons. The van der Waals surface area contributed by atoms with E-state index in [1.807, 2.05) is 36.9 Å². The van der Waals surface area contributed by atoms with Crippen LogP contribution in [0.5, 0.6) is 0 Å². The van der Waals surface area contributed by atoms with Crippen LogP contribution in [0.1, 0.15) is 11.1 Å². The van der Waals surface area contributed by atoms with E-state index in [9.17, 15) is 13.2 Å². The number of aryl methyl sites for hydroxylation is 2. The summed E-state index contributed by atoms with van der Waals surface area (Å²) in [6, 6.07) is 5.78. The highest BCUT2D eigenvalue weighted by atomic mass is 32.2. The number of thioether (sulfide) groups is 1. The Morgan fingerprint density at radius 1 is 1.33 bits per heavy atom. The monoisotopic (exact) mass is 368 g/mol. The van der Waals surface area contributed by atoms with Crippen molar-refractivity contribution in [1.82, 2.24) is 0 Å². The predicted molar refractivity (Wildman–Crippen MR) is 96.5 cm³/mol. The van der Waals surface area contributed by atoms with Gasteiger partial charge in [0.1, 0.15) is 6.61 Å². The molecule has 0 bridgehead atoms. The van der Waals surface area contributed by atoms with Crippen molar-refractivity contribution in [2.24, 2.45) is 4.99 Å². The van der Waals surface area contributed by atoms with E-state index in [0.29, 0.717) is 5.17 Å². The van der Waals surface area contributed by atoms with E-state index >= 15 is 0 Å². The van der Waals surface area contributed by atoms with Crippen LogP contribution in [-0.2, 0) is 19.4 Å². The number of anilines is 1. The van der Waals surface area contributed by atoms with Gasteiger partial charge in [0.15, 0.2) is 15.0 Å². The number of sulfone groups is 1. The van der Waals surface area contributed by atoms with Gasteiger partial charge in [-0.15, -0.1) is 0 Å². The lowest BCUT2D eigenvalue weighted by molar-refractivity contribution is -0.121. The third-order valence-electron chi connectivity index (χ3n) is 4.32. The second-order valence-electron chi connectivity index (χ2n) is 6.16. The number of amidine groups is 1. The van der Waals surface area contributed by atoms with Crippen LogP contribution in [0, 0.1) is 13.8 Å². The predicted octanol–water partition coefficient (Wildman–Crippen LogP) is 1.55. The summed E-state index contributed by atoms with van der Waals surface area (Å²) in [6.07, 6.45) is 0. The van der Waals surface area contributed by atoms with Crippen LogP contribution in [0.15, 0.2) is 23.2 Å². The highest BCUT2D eigenvalue weighted by Gasteiger charge is 2.49. The van der Waals surface area contributed by atoms with Gasteiger partial charge in [0.25, 0.3) is 5.91 Å². The smallest absolute Gasteiger partial charge is 0.274 e. The summed E-state index contributed by atoms with van der Waals surface area (Å²) in [7, 11) is -1.61. The molecule has 2 fully saturated rings. The molecule has 6 nitrogen and oxygen atoms in total. The Hall–Kier alpha value is -1.38. The third kappa shape index (κ3) is 3.36. The summed E-state index contributed by atoms with van der Waals surface area (Å²) in [4.78, 5) is 17.9. The molecule has 2 saturated heterocycles. The minimum Gasteiger partial charge on any atom is -0.375 e. The van der Waals surface area contributed by atoms with Gasteiger partial charge < -0.3 is 9.64 Å². The van der Waals surface area contributed by atoms with E-state index < -0.39 is 9.84 Å². The summed E-state index contributed by atoms with van der Waals surface area (Å²) in [5.74, 6) is -0.146. The number of ether oxygens (including phenoxy) is 1. The SMILES string of the molecule is COCC(=O)N=C1S[C@@H]2CS(=O)(=O)C[C@H]2N1c1ccc(C)c(C)c1. The number of hydrogen-bond acceptors (Lipinski definition) is 5. The van der Waals surface area contributed by atoms with E-state index in [2.05, 4.69) is 4.99 Å². The van der Waals surface area contributed by atoms with Crippen LogP contribution in [0.2, 0.25) is 0 Å². The van der Waals surface area contributed by atoms with Crippen LogP contribution in [0.4, 0.5) is 5.69 Å². The molecule has 1 aromatic carbocycles. The normalized spacial score (nSPS) is 26.8. The van der Waals surface area contributed by atoms with Crippen molar-refractivity contribution in [3.05, 3.63) is 29.3 Å². The summed E-state index contributed by atoms with van der Waals surface area (Å²) in [6.45, 7) is 3.95. The van der Waals surface area contributed by atoms with Gasteiger partial charge in [0, 0.05) is 18.0 Å². The number of carbonyl (C=O) groups is 1. The molecule has 2 heterocycles. The molecule has 1 amide bonds. The first-order chi connectivity index (χ1) is 11.3. The first kappa shape index (κ1) is 17.4. The lowest BCUT2D eigenvalue weighted by Gasteiger charge is -2.25. The number of carbonyl (C=O) groups excluding carboxylic acids is 1. The topological polar surface area (TPSA) is 76.0 Å². The van der Waals surface area contributed by atoms with Gasteiger partial charge in [-0.2, -0.15) is 4.99 Å². The summed E-state index contributed by atoms with van der Waals surface area (Å²) >= 11 is 1.37. The van der Waals surface area contributed by atoms with Crippen molar-refractivity contribution in [1.29, 1.82) is 0 Å². The average molecular weight is 368 g/mol. The van der Waals surface area contributed by atoms with E-state index in [0.717, 1.165) is 16.8 Å². The molecular weight excluding hydrogens is 348 g/mol. The molecule has 24 heavy (non-hydrogen) atoms. The fourth-order valence-electron chi connectivity index (χ4n) is 3.00. The summed E-state index contributed by atoms with van der Waals surface area (Å²) < 4.78 is 28.8. The maximum Gasteiger partial charge on any atom is 0.274 e. The minimum absolute atomic E-state index is 0.0849. The molecule has 2 aliphatic heterocycles. The molecule has 2 aliphatic rings. The quantitative estimate of drug-likeness (QED) is 0.806. The third-order valence-corrected chi connectivity index (χ3v) is 7.53. The second kappa shape index (κ2) is 6.50.